The minimum Gasteiger partial charge on any atom is -0.494 e. The topological polar surface area (TPSA) is 79.4 Å². The van der Waals surface area contributed by atoms with Crippen molar-refractivity contribution >= 4 is 11.7 Å². The van der Waals surface area contributed by atoms with E-state index in [1.165, 1.54) is 7.11 Å². The van der Waals surface area contributed by atoms with Gasteiger partial charge < -0.3 is 15.2 Å². The molecule has 0 aliphatic carbocycles. The van der Waals surface area contributed by atoms with E-state index in [2.05, 4.69) is 5.10 Å². The maximum Gasteiger partial charge on any atom is 0.342 e. The van der Waals surface area contributed by atoms with Gasteiger partial charge in [-0.05, 0) is 18.2 Å². The number of nitrogens with zero attached hydrogens (tertiary/aromatic N) is 2. The molecule has 0 bridgehead atoms. The molecule has 0 unspecified atom stereocenters. The molecule has 100 valence electrons. The van der Waals surface area contributed by atoms with E-state index in [9.17, 15) is 4.79 Å². The van der Waals surface area contributed by atoms with Gasteiger partial charge in [-0.25, -0.2) is 4.79 Å². The number of hydrogen-bond acceptors (Lipinski definition) is 5. The highest BCUT2D eigenvalue weighted by molar-refractivity contribution is 5.94. The van der Waals surface area contributed by atoms with Gasteiger partial charge in [-0.15, -0.1) is 0 Å². The SMILES string of the molecule is COc1c(N)cccc1C(=O)OCc1ccn(C)n1. The number of aryl methyl sites for hydroxylation is 1. The number of nitrogen functional groups attached to an aromatic ring is 1. The number of hydrogen-bond donors (Lipinski definition) is 1. The molecule has 2 N–H and O–H groups in total. The first kappa shape index (κ1) is 12.9. The molecule has 0 atom stereocenters. The second-order valence-corrected chi connectivity index (χ2v) is 3.98. The first-order valence-electron chi connectivity index (χ1n) is 5.70. The zero-order chi connectivity index (χ0) is 13.8. The van der Waals surface area contributed by atoms with Crippen molar-refractivity contribution in [1.82, 2.24) is 9.78 Å². The maximum atomic E-state index is 12.0. The van der Waals surface area contributed by atoms with Gasteiger partial charge in [0.2, 0.25) is 0 Å². The van der Waals surface area contributed by atoms with Gasteiger partial charge in [-0.1, -0.05) is 6.07 Å². The molecule has 0 saturated carbocycles. The summed E-state index contributed by atoms with van der Waals surface area (Å²) in [6.07, 6.45) is 1.78. The smallest absolute Gasteiger partial charge is 0.342 e. The summed E-state index contributed by atoms with van der Waals surface area (Å²) in [4.78, 5) is 12.0. The van der Waals surface area contributed by atoms with Crippen LogP contribution in [0.2, 0.25) is 0 Å². The highest BCUT2D eigenvalue weighted by atomic mass is 16.5. The predicted octanol–water partition coefficient (Wildman–Crippen LogP) is 1.37. The van der Waals surface area contributed by atoms with Gasteiger partial charge in [0.15, 0.2) is 5.75 Å². The van der Waals surface area contributed by atoms with Crippen LogP contribution in [-0.4, -0.2) is 22.9 Å². The Kier molecular flexibility index (Phi) is 3.70. The third kappa shape index (κ3) is 2.85. The van der Waals surface area contributed by atoms with Gasteiger partial charge in [0, 0.05) is 13.2 Å². The first-order valence-corrected chi connectivity index (χ1v) is 5.70. The molecule has 6 heteroatoms. The molecule has 19 heavy (non-hydrogen) atoms. The molecule has 2 rings (SSSR count). The van der Waals surface area contributed by atoms with Crippen LogP contribution >= 0.6 is 0 Å². The minimum absolute atomic E-state index is 0.109. The van der Waals surface area contributed by atoms with Gasteiger partial charge in [-0.3, -0.25) is 4.68 Å². The number of carbonyl (C=O) groups is 1. The third-order valence-electron chi connectivity index (χ3n) is 2.59. The second kappa shape index (κ2) is 5.43. The van der Waals surface area contributed by atoms with E-state index < -0.39 is 5.97 Å². The number of anilines is 1. The van der Waals surface area contributed by atoms with E-state index in [4.69, 9.17) is 15.2 Å². The van der Waals surface area contributed by atoms with Crippen molar-refractivity contribution in [2.45, 2.75) is 6.61 Å². The Hall–Kier alpha value is -2.50. The quantitative estimate of drug-likeness (QED) is 0.664. The molecule has 2 aromatic rings. The van der Waals surface area contributed by atoms with Gasteiger partial charge >= 0.3 is 5.97 Å². The summed E-state index contributed by atoms with van der Waals surface area (Å²) in [5.74, 6) is -0.164. The molecule has 1 heterocycles. The zero-order valence-electron chi connectivity index (χ0n) is 10.8. The van der Waals surface area contributed by atoms with Crippen molar-refractivity contribution in [1.29, 1.82) is 0 Å². The van der Waals surface area contributed by atoms with E-state index in [-0.39, 0.29) is 6.61 Å². The highest BCUT2D eigenvalue weighted by Gasteiger charge is 2.16. The molecule has 0 spiro atoms. The van der Waals surface area contributed by atoms with Gasteiger partial charge in [0.25, 0.3) is 0 Å². The minimum atomic E-state index is -0.491. The average molecular weight is 261 g/mol. The Morgan fingerprint density at radius 1 is 1.42 bits per heavy atom. The summed E-state index contributed by atoms with van der Waals surface area (Å²) in [6, 6.07) is 6.73. The highest BCUT2D eigenvalue weighted by Crippen LogP contribution is 2.26. The van der Waals surface area contributed by atoms with E-state index in [1.54, 1.807) is 42.2 Å². The van der Waals surface area contributed by atoms with Gasteiger partial charge in [-0.2, -0.15) is 5.10 Å². The van der Waals surface area contributed by atoms with Crippen LogP contribution in [0.3, 0.4) is 0 Å². The fourth-order valence-corrected chi connectivity index (χ4v) is 1.70. The molecule has 0 radical (unpaired) electrons. The van der Waals surface area contributed by atoms with Crippen LogP contribution in [0.15, 0.2) is 30.5 Å². The van der Waals surface area contributed by atoms with Crippen LogP contribution < -0.4 is 10.5 Å². The lowest BCUT2D eigenvalue weighted by Gasteiger charge is -2.10. The van der Waals surface area contributed by atoms with E-state index >= 15 is 0 Å². The zero-order valence-corrected chi connectivity index (χ0v) is 10.8. The van der Waals surface area contributed by atoms with Crippen LogP contribution in [0.5, 0.6) is 5.75 Å². The molecule has 1 aromatic carbocycles. The van der Waals surface area contributed by atoms with Crippen LogP contribution in [0.25, 0.3) is 0 Å². The van der Waals surface area contributed by atoms with E-state index in [0.717, 1.165) is 0 Å². The molecule has 0 saturated heterocycles. The largest absolute Gasteiger partial charge is 0.494 e. The summed E-state index contributed by atoms with van der Waals surface area (Å²) in [5, 5.41) is 4.12. The molecule has 0 aliphatic heterocycles. The summed E-state index contributed by atoms with van der Waals surface area (Å²) >= 11 is 0. The summed E-state index contributed by atoms with van der Waals surface area (Å²) < 4.78 is 11.9. The first-order chi connectivity index (χ1) is 9.11. The molecule has 6 nitrogen and oxygen atoms in total. The van der Waals surface area contributed by atoms with Crippen molar-refractivity contribution in [2.75, 3.05) is 12.8 Å². The molecular formula is C13H15N3O3. The van der Waals surface area contributed by atoms with Gasteiger partial charge in [0.1, 0.15) is 12.2 Å². The normalized spacial score (nSPS) is 10.2. The molecule has 0 fully saturated rings. The molecule has 0 amide bonds. The third-order valence-corrected chi connectivity index (χ3v) is 2.59. The van der Waals surface area contributed by atoms with Crippen LogP contribution in [-0.2, 0) is 18.4 Å². The van der Waals surface area contributed by atoms with Crippen molar-refractivity contribution in [3.63, 3.8) is 0 Å². The number of esters is 1. The van der Waals surface area contributed by atoms with Crippen molar-refractivity contribution in [2.24, 2.45) is 7.05 Å². The van der Waals surface area contributed by atoms with E-state index in [1.807, 2.05) is 0 Å². The number of aromatic nitrogens is 2. The lowest BCUT2D eigenvalue weighted by Crippen LogP contribution is -2.09. The number of benzene rings is 1. The van der Waals surface area contributed by atoms with Crippen LogP contribution in [0.4, 0.5) is 5.69 Å². The second-order valence-electron chi connectivity index (χ2n) is 3.98. The Balaban J connectivity index is 2.10. The average Bonchev–Trinajstić information content (AvgIpc) is 2.81. The standard InChI is InChI=1S/C13H15N3O3/c1-16-7-6-9(15-16)8-19-13(17)10-4-3-5-11(14)12(10)18-2/h3-7H,8,14H2,1-2H3. The number of nitrogens with two attached hydrogens (primary N) is 1. The van der Waals surface area contributed by atoms with Crippen LogP contribution in [0.1, 0.15) is 16.1 Å². The van der Waals surface area contributed by atoms with Crippen molar-refractivity contribution in [3.05, 3.63) is 41.7 Å². The monoisotopic (exact) mass is 261 g/mol. The van der Waals surface area contributed by atoms with Crippen LogP contribution in [0, 0.1) is 0 Å². The number of carbonyl (C=O) groups excluding carboxylic acids is 1. The predicted molar refractivity (Wildman–Crippen MR) is 69.7 cm³/mol. The summed E-state index contributed by atoms with van der Waals surface area (Å²) in [5.41, 5.74) is 7.11. The molecule has 1 aromatic heterocycles. The fraction of sp³-hybridized carbons (Fsp3) is 0.231. The molecular weight excluding hydrogens is 246 g/mol. The number of para-hydroxylation sites is 1. The summed E-state index contributed by atoms with van der Waals surface area (Å²) in [7, 11) is 3.26. The number of ether oxygens (including phenoxy) is 2. The Labute approximate surface area is 110 Å². The Morgan fingerprint density at radius 2 is 2.21 bits per heavy atom. The van der Waals surface area contributed by atoms with Crippen molar-refractivity contribution < 1.29 is 14.3 Å². The Bertz CT molecular complexity index is 593. The summed E-state index contributed by atoms with van der Waals surface area (Å²) in [6.45, 7) is 0.109. The maximum absolute atomic E-state index is 12.0. The van der Waals surface area contributed by atoms with Crippen molar-refractivity contribution in [3.8, 4) is 5.75 Å². The van der Waals surface area contributed by atoms with Gasteiger partial charge in [0.05, 0.1) is 18.5 Å². The fourth-order valence-electron chi connectivity index (χ4n) is 1.70. The lowest BCUT2D eigenvalue weighted by molar-refractivity contribution is 0.0463. The lowest BCUT2D eigenvalue weighted by atomic mass is 10.2. The number of rotatable bonds is 4. The Morgan fingerprint density at radius 3 is 2.84 bits per heavy atom. The number of methoxy groups -OCH3 is 1. The molecule has 0 aliphatic rings. The van der Waals surface area contributed by atoms with E-state index in [0.29, 0.717) is 22.7 Å².